The maximum absolute atomic E-state index is 11.1. The predicted octanol–water partition coefficient (Wildman–Crippen LogP) is 1.55. The molecule has 2 rings (SSSR count). The van der Waals surface area contributed by atoms with Crippen LogP contribution in [0.3, 0.4) is 0 Å². The van der Waals surface area contributed by atoms with Gasteiger partial charge in [0.25, 0.3) is 0 Å². The molecule has 0 aromatic carbocycles. The molecule has 0 unspecified atom stereocenters. The summed E-state index contributed by atoms with van der Waals surface area (Å²) in [7, 11) is 2.12. The number of aromatic nitrogens is 1. The zero-order valence-electron chi connectivity index (χ0n) is 10.8. The summed E-state index contributed by atoms with van der Waals surface area (Å²) in [4.78, 5) is 20.5. The summed E-state index contributed by atoms with van der Waals surface area (Å²) >= 11 is 1.31. The SMILES string of the molecule is CCc1nc(N2CCCN(C)CC2)sc1C(=O)O. The molecule has 18 heavy (non-hydrogen) atoms. The van der Waals surface area contributed by atoms with Crippen molar-refractivity contribution in [2.45, 2.75) is 19.8 Å². The Kier molecular flexibility index (Phi) is 4.19. The molecular weight excluding hydrogens is 250 g/mol. The van der Waals surface area contributed by atoms with Gasteiger partial charge in [0.15, 0.2) is 5.13 Å². The van der Waals surface area contributed by atoms with Crippen LogP contribution in [-0.2, 0) is 6.42 Å². The number of aromatic carboxylic acids is 1. The highest BCUT2D eigenvalue weighted by Gasteiger charge is 2.21. The number of carboxylic acid groups (broad SMARTS) is 1. The number of rotatable bonds is 3. The quantitative estimate of drug-likeness (QED) is 0.902. The Bertz CT molecular complexity index is 433. The van der Waals surface area contributed by atoms with Gasteiger partial charge in [-0.15, -0.1) is 0 Å². The van der Waals surface area contributed by atoms with Gasteiger partial charge in [0.05, 0.1) is 5.69 Å². The van der Waals surface area contributed by atoms with E-state index in [4.69, 9.17) is 5.11 Å². The standard InChI is InChI=1S/C12H19N3O2S/c1-3-9-10(11(16)17)18-12(13-9)15-6-4-5-14(2)7-8-15/h3-8H2,1-2H3,(H,16,17). The zero-order valence-corrected chi connectivity index (χ0v) is 11.7. The van der Waals surface area contributed by atoms with E-state index in [-0.39, 0.29) is 0 Å². The van der Waals surface area contributed by atoms with Crippen LogP contribution in [0.5, 0.6) is 0 Å². The highest BCUT2D eigenvalue weighted by Crippen LogP contribution is 2.27. The van der Waals surface area contributed by atoms with Crippen molar-refractivity contribution < 1.29 is 9.90 Å². The van der Waals surface area contributed by atoms with E-state index in [2.05, 4.69) is 21.8 Å². The molecule has 0 spiro atoms. The lowest BCUT2D eigenvalue weighted by Gasteiger charge is -2.19. The molecule has 100 valence electrons. The minimum atomic E-state index is -0.859. The molecule has 1 N–H and O–H groups in total. The predicted molar refractivity (Wildman–Crippen MR) is 72.8 cm³/mol. The molecule has 0 saturated carbocycles. The molecule has 1 aromatic heterocycles. The van der Waals surface area contributed by atoms with Gasteiger partial charge in [-0.2, -0.15) is 0 Å². The van der Waals surface area contributed by atoms with Crippen molar-refractivity contribution in [3.05, 3.63) is 10.6 Å². The second-order valence-corrected chi connectivity index (χ2v) is 5.55. The summed E-state index contributed by atoms with van der Waals surface area (Å²) in [5.74, 6) is -0.859. The van der Waals surface area contributed by atoms with Gasteiger partial charge in [0.1, 0.15) is 4.88 Å². The Labute approximate surface area is 111 Å². The summed E-state index contributed by atoms with van der Waals surface area (Å²) in [6, 6.07) is 0. The monoisotopic (exact) mass is 269 g/mol. The van der Waals surface area contributed by atoms with Crippen molar-refractivity contribution in [2.75, 3.05) is 38.1 Å². The molecule has 0 radical (unpaired) electrons. The molecule has 1 aliphatic heterocycles. The Hall–Kier alpha value is -1.14. The summed E-state index contributed by atoms with van der Waals surface area (Å²) in [5.41, 5.74) is 0.708. The fraction of sp³-hybridized carbons (Fsp3) is 0.667. The third-order valence-corrected chi connectivity index (χ3v) is 4.35. The maximum Gasteiger partial charge on any atom is 0.347 e. The van der Waals surface area contributed by atoms with E-state index < -0.39 is 5.97 Å². The van der Waals surface area contributed by atoms with E-state index in [1.54, 1.807) is 0 Å². The van der Waals surface area contributed by atoms with Crippen LogP contribution in [0.4, 0.5) is 5.13 Å². The molecule has 0 atom stereocenters. The van der Waals surface area contributed by atoms with E-state index in [1.807, 2.05) is 6.92 Å². The van der Waals surface area contributed by atoms with Crippen LogP contribution in [0.2, 0.25) is 0 Å². The normalized spacial score (nSPS) is 17.8. The van der Waals surface area contributed by atoms with Crippen molar-refractivity contribution in [2.24, 2.45) is 0 Å². The van der Waals surface area contributed by atoms with Gasteiger partial charge in [-0.25, -0.2) is 9.78 Å². The van der Waals surface area contributed by atoms with Gasteiger partial charge in [0.2, 0.25) is 0 Å². The van der Waals surface area contributed by atoms with E-state index >= 15 is 0 Å². The molecule has 0 amide bonds. The molecular formula is C12H19N3O2S. The van der Waals surface area contributed by atoms with Crippen LogP contribution in [0.25, 0.3) is 0 Å². The average Bonchev–Trinajstić information content (AvgIpc) is 2.66. The summed E-state index contributed by atoms with van der Waals surface area (Å²) in [6.07, 6.45) is 1.77. The van der Waals surface area contributed by atoms with Gasteiger partial charge in [-0.3, -0.25) is 0 Å². The lowest BCUT2D eigenvalue weighted by molar-refractivity contribution is 0.0701. The average molecular weight is 269 g/mol. The van der Waals surface area contributed by atoms with Crippen molar-refractivity contribution in [1.82, 2.24) is 9.88 Å². The molecule has 0 bridgehead atoms. The second kappa shape index (κ2) is 5.67. The molecule has 1 fully saturated rings. The number of aryl methyl sites for hydroxylation is 1. The first kappa shape index (κ1) is 13.3. The van der Waals surface area contributed by atoms with Crippen LogP contribution >= 0.6 is 11.3 Å². The largest absolute Gasteiger partial charge is 0.477 e. The van der Waals surface area contributed by atoms with E-state index in [0.717, 1.165) is 37.7 Å². The number of carboxylic acids is 1. The van der Waals surface area contributed by atoms with E-state index in [0.29, 0.717) is 17.0 Å². The number of carbonyl (C=O) groups is 1. The van der Waals surface area contributed by atoms with Gasteiger partial charge < -0.3 is 14.9 Å². The van der Waals surface area contributed by atoms with E-state index in [9.17, 15) is 4.79 Å². The van der Waals surface area contributed by atoms with Gasteiger partial charge in [-0.1, -0.05) is 18.3 Å². The van der Waals surface area contributed by atoms with Crippen LogP contribution < -0.4 is 4.90 Å². The topological polar surface area (TPSA) is 56.7 Å². The third-order valence-electron chi connectivity index (χ3n) is 3.21. The fourth-order valence-corrected chi connectivity index (χ4v) is 3.16. The number of anilines is 1. The van der Waals surface area contributed by atoms with Crippen LogP contribution in [0.1, 0.15) is 28.7 Å². The number of hydrogen-bond donors (Lipinski definition) is 1. The molecule has 0 aliphatic carbocycles. The summed E-state index contributed by atoms with van der Waals surface area (Å²) in [5, 5.41) is 10.0. The highest BCUT2D eigenvalue weighted by atomic mass is 32.1. The Morgan fingerprint density at radius 2 is 2.17 bits per heavy atom. The van der Waals surface area contributed by atoms with Crippen molar-refractivity contribution in [3.63, 3.8) is 0 Å². The minimum absolute atomic E-state index is 0.394. The molecule has 1 aliphatic rings. The molecule has 5 nitrogen and oxygen atoms in total. The molecule has 1 aromatic rings. The Balaban J connectivity index is 2.19. The lowest BCUT2D eigenvalue weighted by atomic mass is 10.3. The van der Waals surface area contributed by atoms with Crippen LogP contribution in [0.15, 0.2) is 0 Å². The zero-order chi connectivity index (χ0) is 13.1. The number of hydrogen-bond acceptors (Lipinski definition) is 5. The van der Waals surface area contributed by atoms with Crippen LogP contribution in [0, 0.1) is 0 Å². The van der Waals surface area contributed by atoms with Gasteiger partial charge >= 0.3 is 5.97 Å². The van der Waals surface area contributed by atoms with E-state index in [1.165, 1.54) is 11.3 Å². The van der Waals surface area contributed by atoms with Crippen LogP contribution in [-0.4, -0.2) is 54.2 Å². The van der Waals surface area contributed by atoms with Gasteiger partial charge in [-0.05, 0) is 26.4 Å². The number of thiazole rings is 1. The fourth-order valence-electron chi connectivity index (χ4n) is 2.12. The smallest absolute Gasteiger partial charge is 0.347 e. The first-order chi connectivity index (χ1) is 8.61. The van der Waals surface area contributed by atoms with Crippen molar-refractivity contribution in [3.8, 4) is 0 Å². The first-order valence-corrected chi connectivity index (χ1v) is 7.10. The van der Waals surface area contributed by atoms with Gasteiger partial charge in [0, 0.05) is 19.6 Å². The highest BCUT2D eigenvalue weighted by molar-refractivity contribution is 7.17. The second-order valence-electron chi connectivity index (χ2n) is 4.57. The third kappa shape index (κ3) is 2.81. The Morgan fingerprint density at radius 1 is 1.39 bits per heavy atom. The molecule has 1 saturated heterocycles. The number of likely N-dealkylation sites (N-methyl/N-ethyl adjacent to an activating group) is 1. The number of nitrogens with zero attached hydrogens (tertiary/aromatic N) is 3. The minimum Gasteiger partial charge on any atom is -0.477 e. The maximum atomic E-state index is 11.1. The summed E-state index contributed by atoms with van der Waals surface area (Å²) in [6.45, 7) is 5.92. The lowest BCUT2D eigenvalue weighted by Crippen LogP contribution is -2.28. The molecule has 2 heterocycles. The first-order valence-electron chi connectivity index (χ1n) is 6.28. The van der Waals surface area contributed by atoms with Crippen molar-refractivity contribution >= 4 is 22.4 Å². The Morgan fingerprint density at radius 3 is 2.78 bits per heavy atom. The summed E-state index contributed by atoms with van der Waals surface area (Å²) < 4.78 is 0. The molecule has 6 heteroatoms. The van der Waals surface area contributed by atoms with Crippen molar-refractivity contribution in [1.29, 1.82) is 0 Å².